The molecule has 3 rings (SSSR count). The summed E-state index contributed by atoms with van der Waals surface area (Å²) < 4.78 is 4.86. The van der Waals surface area contributed by atoms with Crippen molar-refractivity contribution in [2.45, 2.75) is 23.1 Å². The van der Waals surface area contributed by atoms with Crippen molar-refractivity contribution in [3.8, 4) is 0 Å². The van der Waals surface area contributed by atoms with E-state index in [9.17, 15) is 4.79 Å². The third-order valence-corrected chi connectivity index (χ3v) is 4.53. The Labute approximate surface area is 139 Å². The molecule has 0 atom stereocenters. The summed E-state index contributed by atoms with van der Waals surface area (Å²) in [5.41, 5.74) is 2.22. The Kier molecular flexibility index (Phi) is 4.97. The van der Waals surface area contributed by atoms with Crippen LogP contribution in [0.5, 0.6) is 0 Å². The zero-order valence-corrected chi connectivity index (χ0v) is 13.7. The summed E-state index contributed by atoms with van der Waals surface area (Å²) in [5, 5.41) is 2.75. The van der Waals surface area contributed by atoms with Gasteiger partial charge in [0.25, 0.3) is 0 Å². The lowest BCUT2D eigenvalue weighted by molar-refractivity contribution is 0.152. The van der Waals surface area contributed by atoms with Crippen LogP contribution in [0.15, 0.2) is 46.7 Å². The highest BCUT2D eigenvalue weighted by Crippen LogP contribution is 2.47. The van der Waals surface area contributed by atoms with Gasteiger partial charge < -0.3 is 15.0 Å². The van der Waals surface area contributed by atoms with Gasteiger partial charge in [-0.2, -0.15) is 0 Å². The number of hydrogen-bond acceptors (Lipinski definition) is 6. The third-order valence-electron chi connectivity index (χ3n) is 3.43. The molecule has 6 nitrogen and oxygen atoms in total. The first-order valence-corrected chi connectivity index (χ1v) is 8.35. The van der Waals surface area contributed by atoms with E-state index >= 15 is 0 Å². The number of anilines is 2. The Hall–Kier alpha value is -2.28. The van der Waals surface area contributed by atoms with Crippen molar-refractivity contribution < 1.29 is 9.53 Å². The molecule has 0 radical (unpaired) electrons. The normalized spacial score (nSPS) is 12.3. The molecule has 0 saturated heterocycles. The van der Waals surface area contributed by atoms with Gasteiger partial charge in [-0.25, -0.2) is 4.79 Å². The maximum Gasteiger partial charge on any atom is 0.407 e. The van der Waals surface area contributed by atoms with Crippen molar-refractivity contribution in [1.82, 2.24) is 15.3 Å². The van der Waals surface area contributed by atoms with Crippen molar-refractivity contribution in [3.63, 3.8) is 0 Å². The fourth-order valence-corrected chi connectivity index (χ4v) is 3.47. The van der Waals surface area contributed by atoms with Gasteiger partial charge in [-0.3, -0.25) is 9.97 Å². The van der Waals surface area contributed by atoms with Crippen LogP contribution in [0.4, 0.5) is 16.2 Å². The highest BCUT2D eigenvalue weighted by Gasteiger charge is 2.23. The van der Waals surface area contributed by atoms with E-state index < -0.39 is 0 Å². The number of fused-ring (bicyclic) bond motifs is 2. The molecular formula is C16H18N4O2S. The molecular weight excluding hydrogens is 312 g/mol. The predicted octanol–water partition coefficient (Wildman–Crippen LogP) is 3.22. The van der Waals surface area contributed by atoms with Crippen LogP contribution >= 0.6 is 11.8 Å². The van der Waals surface area contributed by atoms with Crippen LogP contribution in [0.25, 0.3) is 0 Å². The van der Waals surface area contributed by atoms with Crippen LogP contribution in [0.3, 0.4) is 0 Å². The molecule has 0 spiro atoms. The summed E-state index contributed by atoms with van der Waals surface area (Å²) in [6, 6.07) is 4.02. The fraction of sp³-hybridized carbons (Fsp3) is 0.312. The Morgan fingerprint density at radius 3 is 2.91 bits per heavy atom. The average Bonchev–Trinajstić information content (AvgIpc) is 2.58. The second kappa shape index (κ2) is 7.32. The number of pyridine rings is 2. The molecule has 120 valence electrons. The smallest absolute Gasteiger partial charge is 0.407 e. The minimum Gasteiger partial charge on any atom is -0.450 e. The standard InChI is InChI=1S/C16H18N4O2S/c1-2-22-16(21)19-6-3-9-20-12-4-7-18-11-15(12)23-14-5-8-17-10-13(14)20/h4-5,7-8,10-11H,2-3,6,9H2,1H3,(H,19,21). The molecule has 0 aliphatic carbocycles. The van der Waals surface area contributed by atoms with Gasteiger partial charge in [0, 0.05) is 36.6 Å². The lowest BCUT2D eigenvalue weighted by atomic mass is 10.2. The second-order valence-electron chi connectivity index (χ2n) is 4.94. The number of nitrogens with zero attached hydrogens (tertiary/aromatic N) is 3. The van der Waals surface area contributed by atoms with Gasteiger partial charge in [0.1, 0.15) is 0 Å². The SMILES string of the molecule is CCOC(=O)NCCCN1c2ccncc2Sc2ccncc21. The van der Waals surface area contributed by atoms with Crippen LogP contribution in [0, 0.1) is 0 Å². The van der Waals surface area contributed by atoms with Gasteiger partial charge in [0.15, 0.2) is 0 Å². The van der Waals surface area contributed by atoms with E-state index in [2.05, 4.69) is 20.2 Å². The lowest BCUT2D eigenvalue weighted by Gasteiger charge is -2.32. The first-order chi connectivity index (χ1) is 11.3. The van der Waals surface area contributed by atoms with E-state index in [1.165, 1.54) is 4.90 Å². The Bertz CT molecular complexity index is 650. The van der Waals surface area contributed by atoms with Gasteiger partial charge in [-0.1, -0.05) is 11.8 Å². The molecule has 0 fully saturated rings. The second-order valence-corrected chi connectivity index (χ2v) is 6.03. The quantitative estimate of drug-likeness (QED) is 0.849. The third kappa shape index (κ3) is 3.56. The zero-order chi connectivity index (χ0) is 16.1. The topological polar surface area (TPSA) is 67.3 Å². The first kappa shape index (κ1) is 15.6. The van der Waals surface area contributed by atoms with Crippen molar-refractivity contribution in [2.24, 2.45) is 0 Å². The molecule has 23 heavy (non-hydrogen) atoms. The predicted molar refractivity (Wildman–Crippen MR) is 89.2 cm³/mol. The van der Waals surface area contributed by atoms with Gasteiger partial charge in [-0.05, 0) is 25.5 Å². The number of hydrogen-bond donors (Lipinski definition) is 1. The van der Waals surface area contributed by atoms with E-state index in [1.807, 2.05) is 24.5 Å². The molecule has 0 aromatic carbocycles. The summed E-state index contributed by atoms with van der Waals surface area (Å²) in [7, 11) is 0. The number of amides is 1. The molecule has 2 aromatic rings. The van der Waals surface area contributed by atoms with Gasteiger partial charge in [0.05, 0.1) is 29.1 Å². The monoisotopic (exact) mass is 330 g/mol. The molecule has 0 saturated carbocycles. The zero-order valence-electron chi connectivity index (χ0n) is 12.9. The lowest BCUT2D eigenvalue weighted by Crippen LogP contribution is -2.29. The minimum atomic E-state index is -0.367. The number of ether oxygens (including phenoxy) is 1. The number of aromatic nitrogens is 2. The van der Waals surface area contributed by atoms with Gasteiger partial charge >= 0.3 is 6.09 Å². The molecule has 0 unspecified atom stereocenters. The van der Waals surface area contributed by atoms with Crippen LogP contribution in [0.1, 0.15) is 13.3 Å². The number of rotatable bonds is 5. The highest BCUT2D eigenvalue weighted by molar-refractivity contribution is 7.99. The van der Waals surface area contributed by atoms with E-state index in [1.54, 1.807) is 31.1 Å². The molecule has 1 aliphatic rings. The van der Waals surface area contributed by atoms with Gasteiger partial charge in [0.2, 0.25) is 0 Å². The molecule has 7 heteroatoms. The maximum absolute atomic E-state index is 11.3. The van der Waals surface area contributed by atoms with E-state index in [0.717, 1.165) is 29.2 Å². The molecule has 3 heterocycles. The largest absolute Gasteiger partial charge is 0.450 e. The van der Waals surface area contributed by atoms with Crippen molar-refractivity contribution in [3.05, 3.63) is 36.9 Å². The molecule has 0 bridgehead atoms. The van der Waals surface area contributed by atoms with Crippen LogP contribution in [-0.4, -0.2) is 35.8 Å². The highest BCUT2D eigenvalue weighted by atomic mass is 32.2. The number of carbonyl (C=O) groups is 1. The molecule has 2 aromatic heterocycles. The van der Waals surface area contributed by atoms with Crippen molar-refractivity contribution in [2.75, 3.05) is 24.6 Å². The first-order valence-electron chi connectivity index (χ1n) is 7.53. The average molecular weight is 330 g/mol. The van der Waals surface area contributed by atoms with E-state index in [-0.39, 0.29) is 6.09 Å². The fourth-order valence-electron chi connectivity index (χ4n) is 2.44. The maximum atomic E-state index is 11.3. The summed E-state index contributed by atoms with van der Waals surface area (Å²) in [5.74, 6) is 0. The summed E-state index contributed by atoms with van der Waals surface area (Å²) in [4.78, 5) is 24.3. The van der Waals surface area contributed by atoms with Crippen LogP contribution < -0.4 is 10.2 Å². The van der Waals surface area contributed by atoms with Gasteiger partial charge in [-0.15, -0.1) is 0 Å². The van der Waals surface area contributed by atoms with E-state index in [0.29, 0.717) is 13.2 Å². The molecule has 1 N–H and O–H groups in total. The minimum absolute atomic E-state index is 0.367. The Balaban J connectivity index is 1.70. The van der Waals surface area contributed by atoms with Crippen LogP contribution in [0.2, 0.25) is 0 Å². The molecule has 1 aliphatic heterocycles. The van der Waals surface area contributed by atoms with Crippen LogP contribution in [-0.2, 0) is 4.74 Å². The van der Waals surface area contributed by atoms with E-state index in [4.69, 9.17) is 4.74 Å². The number of carbonyl (C=O) groups excluding carboxylic acids is 1. The number of nitrogens with one attached hydrogen (secondary N) is 1. The molecule has 1 amide bonds. The summed E-state index contributed by atoms with van der Waals surface area (Å²) >= 11 is 1.70. The Morgan fingerprint density at radius 2 is 2.04 bits per heavy atom. The summed E-state index contributed by atoms with van der Waals surface area (Å²) in [6.07, 6.45) is 7.80. The van der Waals surface area contributed by atoms with Crippen molar-refractivity contribution >= 4 is 29.2 Å². The summed E-state index contributed by atoms with van der Waals surface area (Å²) in [6.45, 7) is 3.52. The Morgan fingerprint density at radius 1 is 1.22 bits per heavy atom. The van der Waals surface area contributed by atoms with Crippen molar-refractivity contribution in [1.29, 1.82) is 0 Å². The number of alkyl carbamates (subject to hydrolysis) is 1.